The van der Waals surface area contributed by atoms with Crippen LogP contribution in [0.1, 0.15) is 26.3 Å². The predicted molar refractivity (Wildman–Crippen MR) is 78.3 cm³/mol. The Hall–Kier alpha value is -1.94. The van der Waals surface area contributed by atoms with Crippen molar-refractivity contribution in [3.63, 3.8) is 0 Å². The lowest BCUT2D eigenvalue weighted by Gasteiger charge is -2.19. The van der Waals surface area contributed by atoms with Crippen LogP contribution in [0.5, 0.6) is 5.88 Å². The van der Waals surface area contributed by atoms with Gasteiger partial charge in [0, 0.05) is 12.4 Å². The van der Waals surface area contributed by atoms with E-state index < -0.39 is 0 Å². The van der Waals surface area contributed by atoms with Crippen LogP contribution < -0.4 is 4.74 Å². The molecular formula is C16H20N2O2. The molecule has 2 aromatic rings. The van der Waals surface area contributed by atoms with Gasteiger partial charge < -0.3 is 9.84 Å². The van der Waals surface area contributed by atoms with Crippen LogP contribution in [0.25, 0.3) is 11.3 Å². The van der Waals surface area contributed by atoms with Crippen LogP contribution in [0.2, 0.25) is 0 Å². The Morgan fingerprint density at radius 3 is 2.65 bits per heavy atom. The van der Waals surface area contributed by atoms with Crippen LogP contribution in [0.3, 0.4) is 0 Å². The Bertz CT molecular complexity index is 577. The summed E-state index contributed by atoms with van der Waals surface area (Å²) in [6.45, 7) is 6.91. The van der Waals surface area contributed by atoms with Gasteiger partial charge in [0.15, 0.2) is 0 Å². The first kappa shape index (κ1) is 14.5. The molecule has 2 heterocycles. The number of hydrogen-bond acceptors (Lipinski definition) is 4. The zero-order valence-electron chi connectivity index (χ0n) is 12.1. The Morgan fingerprint density at radius 1 is 1.15 bits per heavy atom. The number of aliphatic hydroxyl groups excluding tert-OH is 1. The Balaban J connectivity index is 2.31. The predicted octanol–water partition coefficient (Wildman–Crippen LogP) is 3.06. The fourth-order valence-corrected chi connectivity index (χ4v) is 1.71. The summed E-state index contributed by atoms with van der Waals surface area (Å²) in [6, 6.07) is 7.41. The molecule has 0 bridgehead atoms. The van der Waals surface area contributed by atoms with E-state index in [1.807, 2.05) is 18.2 Å². The molecule has 0 aliphatic carbocycles. The minimum Gasteiger partial charge on any atom is -0.477 e. The highest BCUT2D eigenvalue weighted by atomic mass is 16.5. The molecule has 0 radical (unpaired) electrons. The van der Waals surface area contributed by atoms with E-state index in [9.17, 15) is 5.11 Å². The van der Waals surface area contributed by atoms with Gasteiger partial charge in [-0.25, -0.2) is 4.98 Å². The molecule has 2 rings (SSSR count). The van der Waals surface area contributed by atoms with Gasteiger partial charge in [-0.2, -0.15) is 0 Å². The second-order valence-electron chi connectivity index (χ2n) is 5.91. The third-order valence-electron chi connectivity index (χ3n) is 2.70. The van der Waals surface area contributed by atoms with Gasteiger partial charge >= 0.3 is 0 Å². The van der Waals surface area contributed by atoms with Gasteiger partial charge in [0.25, 0.3) is 0 Å². The van der Waals surface area contributed by atoms with E-state index in [1.165, 1.54) is 0 Å². The number of pyridine rings is 2. The van der Waals surface area contributed by atoms with Gasteiger partial charge in [0.05, 0.1) is 24.5 Å². The maximum Gasteiger partial charge on any atom is 0.222 e. The number of aliphatic hydroxyl groups is 1. The maximum atomic E-state index is 9.21. The van der Waals surface area contributed by atoms with E-state index in [-0.39, 0.29) is 12.0 Å². The molecule has 0 spiro atoms. The first-order chi connectivity index (χ1) is 9.49. The largest absolute Gasteiger partial charge is 0.477 e. The van der Waals surface area contributed by atoms with Crippen LogP contribution in [-0.2, 0) is 6.61 Å². The first-order valence-electron chi connectivity index (χ1n) is 6.63. The van der Waals surface area contributed by atoms with Crippen LogP contribution >= 0.6 is 0 Å². The molecule has 0 amide bonds. The van der Waals surface area contributed by atoms with Crippen LogP contribution in [0.4, 0.5) is 0 Å². The highest BCUT2D eigenvalue weighted by molar-refractivity contribution is 5.65. The van der Waals surface area contributed by atoms with Crippen molar-refractivity contribution in [1.82, 2.24) is 9.97 Å². The van der Waals surface area contributed by atoms with Gasteiger partial charge in [-0.1, -0.05) is 20.8 Å². The normalized spacial score (nSPS) is 11.4. The number of hydrogen-bond donors (Lipinski definition) is 1. The maximum absolute atomic E-state index is 9.21. The van der Waals surface area contributed by atoms with Crippen LogP contribution in [0, 0.1) is 5.41 Å². The topological polar surface area (TPSA) is 55.2 Å². The van der Waals surface area contributed by atoms with E-state index in [1.54, 1.807) is 18.5 Å². The number of nitrogens with zero attached hydrogens (tertiary/aromatic N) is 2. The average Bonchev–Trinajstić information content (AvgIpc) is 2.45. The fourth-order valence-electron chi connectivity index (χ4n) is 1.71. The lowest BCUT2D eigenvalue weighted by Crippen LogP contribution is -2.17. The number of aromatic nitrogens is 2. The standard InChI is InChI=1S/C16H20N2O2/c1-16(2,3)11-20-15-13(5-4-7-18-15)14-9-12(10-19)6-8-17-14/h4-9,19H,10-11H2,1-3H3. The number of ether oxygens (including phenoxy) is 1. The molecule has 0 fully saturated rings. The highest BCUT2D eigenvalue weighted by Gasteiger charge is 2.14. The molecule has 2 aromatic heterocycles. The molecule has 0 aromatic carbocycles. The fraction of sp³-hybridized carbons (Fsp3) is 0.375. The third kappa shape index (κ3) is 3.78. The van der Waals surface area contributed by atoms with Crippen LogP contribution in [-0.4, -0.2) is 21.7 Å². The Morgan fingerprint density at radius 2 is 1.95 bits per heavy atom. The minimum absolute atomic E-state index is 0.00599. The average molecular weight is 272 g/mol. The van der Waals surface area contributed by atoms with E-state index in [0.717, 1.165) is 16.8 Å². The van der Waals surface area contributed by atoms with Crippen molar-refractivity contribution in [3.8, 4) is 17.1 Å². The Labute approximate surface area is 119 Å². The van der Waals surface area contributed by atoms with Crippen molar-refractivity contribution >= 4 is 0 Å². The van der Waals surface area contributed by atoms with Crippen molar-refractivity contribution in [2.45, 2.75) is 27.4 Å². The second-order valence-corrected chi connectivity index (χ2v) is 5.91. The summed E-state index contributed by atoms with van der Waals surface area (Å²) in [6.07, 6.45) is 3.39. The van der Waals surface area contributed by atoms with E-state index >= 15 is 0 Å². The van der Waals surface area contributed by atoms with E-state index in [0.29, 0.717) is 12.5 Å². The van der Waals surface area contributed by atoms with Gasteiger partial charge in [-0.05, 0) is 35.2 Å². The summed E-state index contributed by atoms with van der Waals surface area (Å²) in [5.74, 6) is 0.574. The number of rotatable bonds is 4. The van der Waals surface area contributed by atoms with Crippen molar-refractivity contribution in [3.05, 3.63) is 42.2 Å². The second kappa shape index (κ2) is 6.01. The van der Waals surface area contributed by atoms with Crippen molar-refractivity contribution in [2.75, 3.05) is 6.61 Å². The molecule has 0 unspecified atom stereocenters. The molecule has 4 nitrogen and oxygen atoms in total. The Kier molecular flexibility index (Phi) is 4.35. The highest BCUT2D eigenvalue weighted by Crippen LogP contribution is 2.28. The molecule has 106 valence electrons. The van der Waals surface area contributed by atoms with E-state index in [2.05, 4.69) is 30.7 Å². The lowest BCUT2D eigenvalue weighted by atomic mass is 9.99. The first-order valence-corrected chi connectivity index (χ1v) is 6.63. The van der Waals surface area contributed by atoms with Crippen molar-refractivity contribution in [2.24, 2.45) is 5.41 Å². The molecular weight excluding hydrogens is 252 g/mol. The molecule has 0 saturated heterocycles. The molecule has 0 aliphatic heterocycles. The SMILES string of the molecule is CC(C)(C)COc1ncccc1-c1cc(CO)ccn1. The molecule has 1 N–H and O–H groups in total. The van der Waals surface area contributed by atoms with Gasteiger partial charge in [-0.3, -0.25) is 4.98 Å². The summed E-state index contributed by atoms with van der Waals surface area (Å²) >= 11 is 0. The quantitative estimate of drug-likeness (QED) is 0.929. The van der Waals surface area contributed by atoms with Gasteiger partial charge in [0.1, 0.15) is 0 Å². The van der Waals surface area contributed by atoms with Gasteiger partial charge in [0.2, 0.25) is 5.88 Å². The zero-order chi connectivity index (χ0) is 14.6. The molecule has 20 heavy (non-hydrogen) atoms. The zero-order valence-corrected chi connectivity index (χ0v) is 12.1. The van der Waals surface area contributed by atoms with Crippen molar-refractivity contribution < 1.29 is 9.84 Å². The molecule has 0 aliphatic rings. The molecule has 0 saturated carbocycles. The summed E-state index contributed by atoms with van der Waals surface area (Å²) in [5, 5.41) is 9.21. The summed E-state index contributed by atoms with van der Waals surface area (Å²) in [5.41, 5.74) is 2.48. The van der Waals surface area contributed by atoms with Crippen molar-refractivity contribution in [1.29, 1.82) is 0 Å². The minimum atomic E-state index is -0.00599. The molecule has 0 atom stereocenters. The van der Waals surface area contributed by atoms with E-state index in [4.69, 9.17) is 4.74 Å². The summed E-state index contributed by atoms with van der Waals surface area (Å²) < 4.78 is 5.82. The third-order valence-corrected chi connectivity index (χ3v) is 2.70. The van der Waals surface area contributed by atoms with Crippen LogP contribution in [0.15, 0.2) is 36.7 Å². The smallest absolute Gasteiger partial charge is 0.222 e. The van der Waals surface area contributed by atoms with Gasteiger partial charge in [-0.15, -0.1) is 0 Å². The molecule has 4 heteroatoms. The summed E-state index contributed by atoms with van der Waals surface area (Å²) in [4.78, 5) is 8.62. The lowest BCUT2D eigenvalue weighted by molar-refractivity contribution is 0.192. The monoisotopic (exact) mass is 272 g/mol. The summed E-state index contributed by atoms with van der Waals surface area (Å²) in [7, 11) is 0.